The lowest BCUT2D eigenvalue weighted by atomic mass is 10.0. The van der Waals surface area contributed by atoms with Gasteiger partial charge in [0.15, 0.2) is 0 Å². The Bertz CT molecular complexity index is 1140. The second-order valence-corrected chi connectivity index (χ2v) is 6.78. The van der Waals surface area contributed by atoms with Gasteiger partial charge in [0.25, 0.3) is 16.4 Å². The van der Waals surface area contributed by atoms with E-state index < -0.39 is 22.4 Å². The van der Waals surface area contributed by atoms with Gasteiger partial charge < -0.3 is 10.1 Å². The first-order valence-electron chi connectivity index (χ1n) is 8.32. The van der Waals surface area contributed by atoms with Crippen molar-refractivity contribution in [3.05, 3.63) is 71.3 Å². The number of fused-ring (bicyclic) bond motifs is 1. The van der Waals surface area contributed by atoms with E-state index in [0.29, 0.717) is 0 Å². The molecule has 0 atom stereocenters. The molecule has 0 aromatic heterocycles. The first kappa shape index (κ1) is 20.5. The fourth-order valence-corrected chi connectivity index (χ4v) is 2.98. The van der Waals surface area contributed by atoms with E-state index in [2.05, 4.69) is 5.32 Å². The van der Waals surface area contributed by atoms with Crippen molar-refractivity contribution in [1.82, 2.24) is 0 Å². The van der Waals surface area contributed by atoms with E-state index in [9.17, 15) is 19.2 Å². The minimum atomic E-state index is -0.813. The normalized spacial score (nSPS) is 10.4. The number of carbonyl (C=O) groups is 4. The molecule has 3 aromatic rings. The fraction of sp³-hybridized carbons (Fsp3) is 0.0476. The second kappa shape index (κ2) is 8.43. The summed E-state index contributed by atoms with van der Waals surface area (Å²) in [5.74, 6) is -1.12. The highest BCUT2D eigenvalue weighted by Gasteiger charge is 2.18. The molecule has 0 fully saturated rings. The smallest absolute Gasteiger partial charge is 0.308 e. The Morgan fingerprint density at radius 1 is 0.828 bits per heavy atom. The molecule has 1 amide bonds. The van der Waals surface area contributed by atoms with Crippen molar-refractivity contribution in [2.75, 3.05) is 5.32 Å². The van der Waals surface area contributed by atoms with Crippen LogP contribution in [0.25, 0.3) is 10.8 Å². The zero-order valence-electron chi connectivity index (χ0n) is 15.0. The van der Waals surface area contributed by atoms with Crippen LogP contribution in [0.5, 0.6) is 5.75 Å². The zero-order valence-corrected chi connectivity index (χ0v) is 16.5. The molecule has 0 spiro atoms. The van der Waals surface area contributed by atoms with Crippen LogP contribution < -0.4 is 10.1 Å². The Hall–Kier alpha value is -3.22. The van der Waals surface area contributed by atoms with E-state index in [4.69, 9.17) is 27.9 Å². The van der Waals surface area contributed by atoms with Gasteiger partial charge in [0.1, 0.15) is 5.75 Å². The van der Waals surface area contributed by atoms with Gasteiger partial charge in [0.2, 0.25) is 0 Å². The topological polar surface area (TPSA) is 89.5 Å². The van der Waals surface area contributed by atoms with Crippen LogP contribution in [-0.2, 0) is 4.79 Å². The van der Waals surface area contributed by atoms with Crippen molar-refractivity contribution in [3.63, 3.8) is 0 Å². The number of anilines is 1. The van der Waals surface area contributed by atoms with Crippen molar-refractivity contribution >= 4 is 62.0 Å². The average Bonchev–Trinajstić information content (AvgIpc) is 2.66. The second-order valence-electron chi connectivity index (χ2n) is 6.09. The number of rotatable bonds is 5. The summed E-state index contributed by atoms with van der Waals surface area (Å²) in [7, 11) is 0. The summed E-state index contributed by atoms with van der Waals surface area (Å²) in [6.07, 6.45) is 0. The summed E-state index contributed by atoms with van der Waals surface area (Å²) in [5, 5.41) is 2.49. The van der Waals surface area contributed by atoms with Gasteiger partial charge in [-0.25, -0.2) is 0 Å². The monoisotopic (exact) mass is 429 g/mol. The summed E-state index contributed by atoms with van der Waals surface area (Å²) < 4.78 is 5.19. The van der Waals surface area contributed by atoms with Crippen molar-refractivity contribution in [2.45, 2.75) is 6.92 Å². The number of hydrogen-bond donors (Lipinski definition) is 1. The Morgan fingerprint density at radius 2 is 1.38 bits per heavy atom. The molecule has 0 radical (unpaired) electrons. The van der Waals surface area contributed by atoms with Crippen molar-refractivity contribution in [1.29, 1.82) is 0 Å². The molecular formula is C21H13Cl2NO5. The molecule has 0 bridgehead atoms. The lowest BCUT2D eigenvalue weighted by Gasteiger charge is -2.12. The highest BCUT2D eigenvalue weighted by Crippen LogP contribution is 2.28. The minimum Gasteiger partial charge on any atom is -0.426 e. The molecular weight excluding hydrogens is 417 g/mol. The maximum atomic E-state index is 12.9. The summed E-state index contributed by atoms with van der Waals surface area (Å²) in [6, 6.07) is 14.2. The Balaban J connectivity index is 2.04. The Kier molecular flexibility index (Phi) is 5.96. The van der Waals surface area contributed by atoms with Crippen LogP contribution >= 0.6 is 23.2 Å². The molecule has 0 aliphatic carbocycles. The number of esters is 1. The van der Waals surface area contributed by atoms with Gasteiger partial charge in [0.05, 0.1) is 5.56 Å². The van der Waals surface area contributed by atoms with Gasteiger partial charge in [-0.1, -0.05) is 24.3 Å². The quantitative estimate of drug-likeness (QED) is 0.358. The van der Waals surface area contributed by atoms with E-state index >= 15 is 0 Å². The molecule has 0 aliphatic rings. The third-order valence-corrected chi connectivity index (χ3v) is 4.43. The molecule has 3 rings (SSSR count). The van der Waals surface area contributed by atoms with Crippen molar-refractivity contribution in [3.8, 4) is 5.75 Å². The van der Waals surface area contributed by atoms with E-state index in [1.165, 1.54) is 25.1 Å². The predicted molar refractivity (Wildman–Crippen MR) is 110 cm³/mol. The molecule has 0 unspecified atom stereocenters. The first-order chi connectivity index (χ1) is 13.7. The molecule has 0 saturated heterocycles. The van der Waals surface area contributed by atoms with Gasteiger partial charge in [-0.3, -0.25) is 19.2 Å². The largest absolute Gasteiger partial charge is 0.426 e. The molecule has 29 heavy (non-hydrogen) atoms. The Labute approximate surface area is 175 Å². The maximum Gasteiger partial charge on any atom is 0.308 e. The van der Waals surface area contributed by atoms with Gasteiger partial charge in [0, 0.05) is 23.7 Å². The molecule has 8 heteroatoms. The first-order valence-corrected chi connectivity index (χ1v) is 9.07. The van der Waals surface area contributed by atoms with Crippen LogP contribution in [0, 0.1) is 0 Å². The van der Waals surface area contributed by atoms with Crippen LogP contribution in [0.4, 0.5) is 5.69 Å². The fourth-order valence-electron chi connectivity index (χ4n) is 2.76. The van der Waals surface area contributed by atoms with Gasteiger partial charge in [-0.2, -0.15) is 0 Å². The number of ether oxygens (including phenoxy) is 1. The van der Waals surface area contributed by atoms with Crippen molar-refractivity contribution < 1.29 is 23.9 Å². The van der Waals surface area contributed by atoms with E-state index in [0.717, 1.165) is 10.8 Å². The summed E-state index contributed by atoms with van der Waals surface area (Å²) in [4.78, 5) is 47.3. The van der Waals surface area contributed by atoms with E-state index in [-0.39, 0.29) is 28.1 Å². The standard InChI is InChI=1S/C21H13Cl2NO5/c1-11(25)29-18-10-13-5-3-2-4-12(13)9-17(18)21(28)24-16-7-14(19(22)26)6-15(8-16)20(23)27/h2-10H,1H3,(H,24,28). The molecule has 6 nitrogen and oxygen atoms in total. The highest BCUT2D eigenvalue weighted by molar-refractivity contribution is 6.69. The number of benzene rings is 3. The van der Waals surface area contributed by atoms with Crippen LogP contribution in [0.15, 0.2) is 54.6 Å². The van der Waals surface area contributed by atoms with Gasteiger partial charge >= 0.3 is 5.97 Å². The molecule has 0 heterocycles. The lowest BCUT2D eigenvalue weighted by molar-refractivity contribution is -0.131. The van der Waals surface area contributed by atoms with Crippen LogP contribution in [0.2, 0.25) is 0 Å². The molecule has 3 aromatic carbocycles. The molecule has 146 valence electrons. The summed E-state index contributed by atoms with van der Waals surface area (Å²) in [6.45, 7) is 1.23. The van der Waals surface area contributed by atoms with Crippen LogP contribution in [0.1, 0.15) is 38.0 Å². The molecule has 0 saturated carbocycles. The maximum absolute atomic E-state index is 12.9. The lowest BCUT2D eigenvalue weighted by Crippen LogP contribution is -2.15. The van der Waals surface area contributed by atoms with Crippen LogP contribution in [-0.4, -0.2) is 22.4 Å². The van der Waals surface area contributed by atoms with E-state index in [1.807, 2.05) is 18.2 Å². The van der Waals surface area contributed by atoms with Crippen LogP contribution in [0.3, 0.4) is 0 Å². The highest BCUT2D eigenvalue weighted by atomic mass is 35.5. The number of amides is 1. The molecule has 0 aliphatic heterocycles. The summed E-state index contributed by atoms with van der Waals surface area (Å²) >= 11 is 11.0. The van der Waals surface area contributed by atoms with Crippen molar-refractivity contribution in [2.24, 2.45) is 0 Å². The van der Waals surface area contributed by atoms with E-state index in [1.54, 1.807) is 18.2 Å². The SMILES string of the molecule is CC(=O)Oc1cc2ccccc2cc1C(=O)Nc1cc(C(=O)Cl)cc(C(=O)Cl)c1. The predicted octanol–water partition coefficient (Wildman–Crippen LogP) is 4.78. The van der Waals surface area contributed by atoms with Gasteiger partial charge in [-0.15, -0.1) is 0 Å². The molecule has 1 N–H and O–H groups in total. The average molecular weight is 430 g/mol. The number of carbonyl (C=O) groups excluding carboxylic acids is 4. The number of nitrogens with one attached hydrogen (secondary N) is 1. The summed E-state index contributed by atoms with van der Waals surface area (Å²) in [5.41, 5.74) is 0.215. The number of halogens is 2. The minimum absolute atomic E-state index is 0.00723. The number of hydrogen-bond acceptors (Lipinski definition) is 5. The Morgan fingerprint density at radius 3 is 1.90 bits per heavy atom. The third-order valence-electron chi connectivity index (χ3n) is 3.99. The zero-order chi connectivity index (χ0) is 21.1. The third kappa shape index (κ3) is 4.80. The van der Waals surface area contributed by atoms with Gasteiger partial charge in [-0.05, 0) is 64.3 Å².